The van der Waals surface area contributed by atoms with E-state index in [0.29, 0.717) is 5.56 Å². The van der Waals surface area contributed by atoms with Crippen LogP contribution in [0.15, 0.2) is 83.9 Å². The van der Waals surface area contributed by atoms with Crippen molar-refractivity contribution in [1.29, 1.82) is 0 Å². The van der Waals surface area contributed by atoms with Gasteiger partial charge in [0.1, 0.15) is 22.9 Å². The molecule has 30 heavy (non-hydrogen) atoms. The normalized spacial score (nSPS) is 10.8. The van der Waals surface area contributed by atoms with Gasteiger partial charge in [0.15, 0.2) is 6.20 Å². The van der Waals surface area contributed by atoms with Crippen LogP contribution >= 0.6 is 0 Å². The minimum Gasteiger partial charge on any atom is -0.744 e. The first-order valence-corrected chi connectivity index (χ1v) is 11.5. The summed E-state index contributed by atoms with van der Waals surface area (Å²) < 4.78 is 74.0. The zero-order chi connectivity index (χ0) is 22.8. The Morgan fingerprint density at radius 1 is 0.900 bits per heavy atom. The summed E-state index contributed by atoms with van der Waals surface area (Å²) in [4.78, 5) is -0.178. The lowest BCUT2D eigenvalue weighted by atomic mass is 10.2. The van der Waals surface area contributed by atoms with Crippen LogP contribution in [0.1, 0.15) is 11.1 Å². The molecule has 0 amide bonds. The fourth-order valence-electron chi connectivity index (χ4n) is 1.99. The maximum atomic E-state index is 12.3. The van der Waals surface area contributed by atoms with Crippen molar-refractivity contribution in [2.24, 2.45) is 7.05 Å². The topological polar surface area (TPSA) is 115 Å². The van der Waals surface area contributed by atoms with Gasteiger partial charge in [-0.3, -0.25) is 4.55 Å². The molecule has 0 atom stereocenters. The second-order valence-electron chi connectivity index (χ2n) is 6.11. The third-order valence-electron chi connectivity index (χ3n) is 3.49. The number of hydrogen-bond acceptors (Lipinski definition) is 5. The van der Waals surface area contributed by atoms with Crippen LogP contribution in [-0.4, -0.2) is 25.9 Å². The highest BCUT2D eigenvalue weighted by Gasteiger charge is 2.04. The van der Waals surface area contributed by atoms with E-state index in [2.05, 4.69) is 0 Å². The number of rotatable bonds is 3. The van der Waals surface area contributed by atoms with Crippen molar-refractivity contribution in [3.8, 4) is 0 Å². The fourth-order valence-corrected chi connectivity index (χ4v) is 3.08. The number of pyridine rings is 1. The average molecular weight is 456 g/mol. The summed E-state index contributed by atoms with van der Waals surface area (Å²) >= 11 is 0. The second-order valence-corrected chi connectivity index (χ2v) is 8.95. The highest BCUT2D eigenvalue weighted by Crippen LogP contribution is 2.08. The highest BCUT2D eigenvalue weighted by atomic mass is 32.2. The van der Waals surface area contributed by atoms with E-state index in [0.717, 1.165) is 5.56 Å². The molecule has 0 fully saturated rings. The highest BCUT2D eigenvalue weighted by molar-refractivity contribution is 7.85. The Morgan fingerprint density at radius 3 is 1.83 bits per heavy atom. The van der Waals surface area contributed by atoms with E-state index in [-0.39, 0.29) is 16.6 Å². The van der Waals surface area contributed by atoms with Crippen molar-refractivity contribution >= 4 is 20.2 Å². The maximum Gasteiger partial charge on any atom is 0.359 e. The molecule has 7 nitrogen and oxygen atoms in total. The van der Waals surface area contributed by atoms with Crippen LogP contribution in [0.5, 0.6) is 0 Å². The molecule has 0 aliphatic heterocycles. The molecule has 0 saturated carbocycles. The SMILES string of the molecule is C[n+]1ccccc1F.Cc1ccc(S(=O)(=O)[O-])cc1.O=S(=O)(O)Cc1ccccc1. The number of hydrogen-bond donors (Lipinski definition) is 1. The molecule has 0 bridgehead atoms. The van der Waals surface area contributed by atoms with E-state index >= 15 is 0 Å². The fraction of sp³-hybridized carbons (Fsp3) is 0.150. The van der Waals surface area contributed by atoms with Crippen molar-refractivity contribution in [3.63, 3.8) is 0 Å². The van der Waals surface area contributed by atoms with Gasteiger partial charge in [0.25, 0.3) is 10.1 Å². The molecule has 0 aliphatic rings. The Labute approximate surface area is 176 Å². The molecular weight excluding hydrogens is 433 g/mol. The molecule has 0 radical (unpaired) electrons. The van der Waals surface area contributed by atoms with Gasteiger partial charge < -0.3 is 4.55 Å². The van der Waals surface area contributed by atoms with Gasteiger partial charge in [0.2, 0.25) is 0 Å². The minimum absolute atomic E-state index is 0.178. The predicted molar refractivity (Wildman–Crippen MR) is 108 cm³/mol. The molecule has 3 rings (SSSR count). The first kappa shape index (κ1) is 25.4. The molecule has 162 valence electrons. The number of aromatic nitrogens is 1. The molecule has 1 N–H and O–H groups in total. The third kappa shape index (κ3) is 10.8. The maximum absolute atomic E-state index is 12.3. The summed E-state index contributed by atoms with van der Waals surface area (Å²) in [6.45, 7) is 1.82. The van der Waals surface area contributed by atoms with Gasteiger partial charge >= 0.3 is 5.95 Å². The van der Waals surface area contributed by atoms with Gasteiger partial charge in [0.05, 0.1) is 4.90 Å². The molecule has 0 unspecified atom stereocenters. The molecule has 0 spiro atoms. The van der Waals surface area contributed by atoms with Crippen molar-refractivity contribution in [1.82, 2.24) is 0 Å². The largest absolute Gasteiger partial charge is 0.744 e. The number of benzene rings is 2. The van der Waals surface area contributed by atoms with E-state index in [4.69, 9.17) is 4.55 Å². The summed E-state index contributed by atoms with van der Waals surface area (Å²) in [5.74, 6) is -0.527. The van der Waals surface area contributed by atoms with Gasteiger partial charge in [-0.2, -0.15) is 13.0 Å². The minimum atomic E-state index is -4.27. The van der Waals surface area contributed by atoms with Crippen LogP contribution < -0.4 is 4.57 Å². The van der Waals surface area contributed by atoms with Crippen LogP contribution in [-0.2, 0) is 33.0 Å². The number of halogens is 1. The van der Waals surface area contributed by atoms with E-state index in [1.165, 1.54) is 22.8 Å². The Morgan fingerprint density at radius 2 is 1.43 bits per heavy atom. The molecular formula is C20H22FNO6S2. The van der Waals surface area contributed by atoms with E-state index in [9.17, 15) is 25.8 Å². The lowest BCUT2D eigenvalue weighted by Crippen LogP contribution is -2.31. The quantitative estimate of drug-likeness (QED) is 0.369. The Balaban J connectivity index is 0.000000228. The third-order valence-corrected chi connectivity index (χ3v) is 5.04. The molecule has 0 saturated heterocycles. The monoisotopic (exact) mass is 455 g/mol. The predicted octanol–water partition coefficient (Wildman–Crippen LogP) is 2.62. The molecule has 1 aromatic heterocycles. The first-order chi connectivity index (χ1) is 13.9. The van der Waals surface area contributed by atoms with Crippen molar-refractivity contribution in [2.45, 2.75) is 17.6 Å². The number of aryl methyl sites for hydroxylation is 2. The molecule has 2 aromatic carbocycles. The summed E-state index contributed by atoms with van der Waals surface area (Å²) in [6.07, 6.45) is 1.66. The second kappa shape index (κ2) is 11.5. The van der Waals surface area contributed by atoms with Gasteiger partial charge in [0, 0.05) is 12.1 Å². The van der Waals surface area contributed by atoms with Gasteiger partial charge in [-0.05, 0) is 30.7 Å². The van der Waals surface area contributed by atoms with Crippen molar-refractivity contribution in [2.75, 3.05) is 0 Å². The molecule has 3 aromatic rings. The van der Waals surface area contributed by atoms with E-state index in [1.54, 1.807) is 67.8 Å². The van der Waals surface area contributed by atoms with Crippen LogP contribution in [0, 0.1) is 12.9 Å². The standard InChI is InChI=1S/2C7H8O3S.C6H7FN/c1-6-2-4-7(5-3-6)11(8,9)10;8-11(9,10)6-7-4-2-1-3-5-7;1-8-5-3-2-4-6(8)7/h2-5H,1H3,(H,8,9,10);1-5H,6H2,(H,8,9,10);2-5H,1H3/q;;+1/p-1. The molecule has 0 aliphatic carbocycles. The van der Waals surface area contributed by atoms with Crippen LogP contribution in [0.25, 0.3) is 0 Å². The number of nitrogens with zero attached hydrogens (tertiary/aromatic N) is 1. The van der Waals surface area contributed by atoms with E-state index in [1.807, 2.05) is 6.92 Å². The van der Waals surface area contributed by atoms with Crippen molar-refractivity contribution in [3.05, 3.63) is 96.1 Å². The Bertz CT molecular complexity index is 1110. The lowest BCUT2D eigenvalue weighted by Gasteiger charge is -2.05. The van der Waals surface area contributed by atoms with Crippen LogP contribution in [0.2, 0.25) is 0 Å². The zero-order valence-corrected chi connectivity index (χ0v) is 18.0. The van der Waals surface area contributed by atoms with Gasteiger partial charge in [-0.1, -0.05) is 48.0 Å². The van der Waals surface area contributed by atoms with E-state index < -0.39 is 20.2 Å². The molecule has 1 heterocycles. The van der Waals surface area contributed by atoms with Crippen molar-refractivity contribution < 1.29 is 34.9 Å². The summed E-state index contributed by atoms with van der Waals surface area (Å²) in [5, 5.41) is 0. The first-order valence-electron chi connectivity index (χ1n) is 8.50. The zero-order valence-electron chi connectivity index (χ0n) is 16.3. The molecule has 10 heteroatoms. The Kier molecular flexibility index (Phi) is 9.73. The van der Waals surface area contributed by atoms with Gasteiger partial charge in [-0.25, -0.2) is 8.42 Å². The summed E-state index contributed by atoms with van der Waals surface area (Å²) in [5.41, 5.74) is 1.52. The van der Waals surface area contributed by atoms with Crippen LogP contribution in [0.4, 0.5) is 4.39 Å². The van der Waals surface area contributed by atoms with Gasteiger partial charge in [-0.15, -0.1) is 4.39 Å². The smallest absolute Gasteiger partial charge is 0.359 e. The lowest BCUT2D eigenvalue weighted by molar-refractivity contribution is -0.700. The summed E-state index contributed by atoms with van der Waals surface area (Å²) in [6, 6.07) is 19.2. The Hall–Kier alpha value is -2.66. The summed E-state index contributed by atoms with van der Waals surface area (Å²) in [7, 11) is -6.48. The average Bonchev–Trinajstić information content (AvgIpc) is 2.64. The van der Waals surface area contributed by atoms with Crippen LogP contribution in [0.3, 0.4) is 0 Å².